The normalized spacial score (nSPS) is 21.2. The molecule has 2 heterocycles. The Morgan fingerprint density at radius 2 is 2.03 bits per heavy atom. The second-order valence-corrected chi connectivity index (χ2v) is 7.74. The molecule has 3 atom stereocenters. The molecule has 1 unspecified atom stereocenters. The van der Waals surface area contributed by atoms with Crippen molar-refractivity contribution in [2.45, 2.75) is 45.2 Å². The van der Waals surface area contributed by atoms with Crippen molar-refractivity contribution in [2.24, 2.45) is 11.7 Å². The van der Waals surface area contributed by atoms with Crippen LogP contribution in [0.15, 0.2) is 42.9 Å². The summed E-state index contributed by atoms with van der Waals surface area (Å²) < 4.78 is 0. The van der Waals surface area contributed by atoms with Gasteiger partial charge >= 0.3 is 0 Å². The first-order chi connectivity index (χ1) is 14.5. The van der Waals surface area contributed by atoms with E-state index < -0.39 is 0 Å². The zero-order valence-corrected chi connectivity index (χ0v) is 17.1. The number of rotatable bonds is 6. The van der Waals surface area contributed by atoms with Crippen molar-refractivity contribution in [3.8, 4) is 5.69 Å². The lowest BCUT2D eigenvalue weighted by atomic mass is 9.83. The summed E-state index contributed by atoms with van der Waals surface area (Å²) in [5, 5.41) is 14.9. The highest BCUT2D eigenvalue weighted by Crippen LogP contribution is 2.26. The van der Waals surface area contributed by atoms with E-state index in [2.05, 4.69) is 37.7 Å². The summed E-state index contributed by atoms with van der Waals surface area (Å²) in [5.41, 5.74) is 8.35. The first-order valence-electron chi connectivity index (χ1n) is 10.1. The summed E-state index contributed by atoms with van der Waals surface area (Å²) in [6.07, 6.45) is 8.02. The minimum absolute atomic E-state index is 0.0458. The molecule has 0 aliphatic heterocycles. The third-order valence-corrected chi connectivity index (χ3v) is 5.54. The number of hydrogen-bond acceptors (Lipinski definition) is 8. The van der Waals surface area contributed by atoms with Crippen LogP contribution in [0.5, 0.6) is 0 Å². The number of nitrogens with two attached hydrogens (primary N) is 1. The van der Waals surface area contributed by atoms with Gasteiger partial charge < -0.3 is 16.4 Å². The standard InChI is InChI=1S/C21H26N8O/c1-13-5-3-8-18(19(13)22)27-21-23-12-17(14(2)30)20(28-21)26-15-6-4-7-16(11-15)29-24-9-10-25-29/h4,6-7,9-13,18-19H,3,5,8,22H2,1-2H3,(H2,23,26,27,28)/t13?,18-,19+/m1/s1. The number of anilines is 3. The quantitative estimate of drug-likeness (QED) is 0.534. The number of benzene rings is 1. The van der Waals surface area contributed by atoms with Crippen LogP contribution in [0.4, 0.5) is 17.5 Å². The second-order valence-electron chi connectivity index (χ2n) is 7.74. The SMILES string of the molecule is CC(=O)c1cnc(N[C@@H]2CCCC(C)[C@@H]2N)nc1Nc1cccc(-n2nccn2)c1. The molecule has 2 aromatic heterocycles. The van der Waals surface area contributed by atoms with Crippen molar-refractivity contribution >= 4 is 23.2 Å². The number of carbonyl (C=O) groups excluding carboxylic acids is 1. The number of hydrogen-bond donors (Lipinski definition) is 3. The van der Waals surface area contributed by atoms with Gasteiger partial charge in [0.05, 0.1) is 23.6 Å². The highest BCUT2D eigenvalue weighted by atomic mass is 16.1. The van der Waals surface area contributed by atoms with E-state index in [1.165, 1.54) is 11.7 Å². The van der Waals surface area contributed by atoms with E-state index in [1.807, 2.05) is 24.3 Å². The van der Waals surface area contributed by atoms with E-state index in [-0.39, 0.29) is 17.9 Å². The topological polar surface area (TPSA) is 124 Å². The van der Waals surface area contributed by atoms with Crippen LogP contribution >= 0.6 is 0 Å². The highest BCUT2D eigenvalue weighted by molar-refractivity contribution is 5.99. The maximum Gasteiger partial charge on any atom is 0.224 e. The molecule has 0 radical (unpaired) electrons. The lowest BCUT2D eigenvalue weighted by Crippen LogP contribution is -2.47. The smallest absolute Gasteiger partial charge is 0.224 e. The van der Waals surface area contributed by atoms with Crippen LogP contribution in [0, 0.1) is 5.92 Å². The molecular weight excluding hydrogens is 380 g/mol. The van der Waals surface area contributed by atoms with E-state index in [1.54, 1.807) is 18.6 Å². The zero-order chi connectivity index (χ0) is 21.1. The van der Waals surface area contributed by atoms with E-state index in [4.69, 9.17) is 5.73 Å². The molecular formula is C21H26N8O. The Labute approximate surface area is 175 Å². The third kappa shape index (κ3) is 4.30. The molecule has 156 valence electrons. The second kappa shape index (κ2) is 8.58. The number of Topliss-reactive ketones (excluding diaryl/α,β-unsaturated/α-hetero) is 1. The number of aromatic nitrogens is 5. The Hall–Kier alpha value is -3.33. The maximum atomic E-state index is 12.1. The van der Waals surface area contributed by atoms with Crippen molar-refractivity contribution in [1.82, 2.24) is 25.0 Å². The Bertz CT molecular complexity index is 1020. The number of ketones is 1. The van der Waals surface area contributed by atoms with Crippen LogP contribution in [0.1, 0.15) is 43.5 Å². The van der Waals surface area contributed by atoms with Gasteiger partial charge in [0.15, 0.2) is 5.78 Å². The van der Waals surface area contributed by atoms with Gasteiger partial charge in [0, 0.05) is 24.0 Å². The van der Waals surface area contributed by atoms with Crippen LogP contribution in [0.2, 0.25) is 0 Å². The van der Waals surface area contributed by atoms with Crippen molar-refractivity contribution in [1.29, 1.82) is 0 Å². The predicted molar refractivity (Wildman–Crippen MR) is 115 cm³/mol. The molecule has 4 N–H and O–H groups in total. The molecule has 0 spiro atoms. The van der Waals surface area contributed by atoms with Gasteiger partial charge in [0.2, 0.25) is 5.95 Å². The van der Waals surface area contributed by atoms with Gasteiger partial charge in [0.1, 0.15) is 5.82 Å². The summed E-state index contributed by atoms with van der Waals surface area (Å²) >= 11 is 0. The molecule has 1 fully saturated rings. The third-order valence-electron chi connectivity index (χ3n) is 5.54. The average molecular weight is 406 g/mol. The lowest BCUT2D eigenvalue weighted by molar-refractivity contribution is 0.101. The summed E-state index contributed by atoms with van der Waals surface area (Å²) in [7, 11) is 0. The van der Waals surface area contributed by atoms with Gasteiger partial charge in [0.25, 0.3) is 0 Å². The summed E-state index contributed by atoms with van der Waals surface area (Å²) in [4.78, 5) is 22.6. The van der Waals surface area contributed by atoms with Crippen LogP contribution in [-0.4, -0.2) is 42.8 Å². The molecule has 30 heavy (non-hydrogen) atoms. The Morgan fingerprint density at radius 3 is 2.80 bits per heavy atom. The largest absolute Gasteiger partial charge is 0.350 e. The fourth-order valence-corrected chi connectivity index (χ4v) is 3.77. The number of carbonyl (C=O) groups is 1. The van der Waals surface area contributed by atoms with Crippen LogP contribution in [0.25, 0.3) is 5.69 Å². The minimum atomic E-state index is -0.114. The highest BCUT2D eigenvalue weighted by Gasteiger charge is 2.28. The van der Waals surface area contributed by atoms with Crippen molar-refractivity contribution in [3.05, 3.63) is 48.4 Å². The van der Waals surface area contributed by atoms with Gasteiger partial charge in [-0.2, -0.15) is 20.0 Å². The van der Waals surface area contributed by atoms with Crippen molar-refractivity contribution < 1.29 is 4.79 Å². The predicted octanol–water partition coefficient (Wildman–Crippen LogP) is 2.93. The molecule has 3 aromatic rings. The Morgan fingerprint density at radius 1 is 1.23 bits per heavy atom. The fraction of sp³-hybridized carbons (Fsp3) is 0.381. The van der Waals surface area contributed by atoms with Gasteiger partial charge in [-0.25, -0.2) is 4.98 Å². The van der Waals surface area contributed by atoms with E-state index in [9.17, 15) is 4.79 Å². The van der Waals surface area contributed by atoms with Crippen LogP contribution < -0.4 is 16.4 Å². The average Bonchev–Trinajstić information content (AvgIpc) is 3.27. The van der Waals surface area contributed by atoms with E-state index >= 15 is 0 Å². The van der Waals surface area contributed by atoms with Gasteiger partial charge in [-0.3, -0.25) is 4.79 Å². The molecule has 9 heteroatoms. The molecule has 0 bridgehead atoms. The summed E-state index contributed by atoms with van der Waals surface area (Å²) in [5.74, 6) is 1.24. The molecule has 1 aromatic carbocycles. The first kappa shape index (κ1) is 20.0. The monoisotopic (exact) mass is 406 g/mol. The van der Waals surface area contributed by atoms with Gasteiger partial charge in [-0.15, -0.1) is 0 Å². The first-order valence-corrected chi connectivity index (χ1v) is 10.1. The molecule has 1 saturated carbocycles. The van der Waals surface area contributed by atoms with Crippen molar-refractivity contribution in [3.63, 3.8) is 0 Å². The number of nitrogens with one attached hydrogen (secondary N) is 2. The Balaban J connectivity index is 1.59. The van der Waals surface area contributed by atoms with Crippen LogP contribution in [0.3, 0.4) is 0 Å². The van der Waals surface area contributed by atoms with Gasteiger partial charge in [-0.05, 0) is 43.9 Å². The molecule has 9 nitrogen and oxygen atoms in total. The molecule has 0 amide bonds. The maximum absolute atomic E-state index is 12.1. The van der Waals surface area contributed by atoms with E-state index in [0.717, 1.165) is 30.6 Å². The summed E-state index contributed by atoms with van der Waals surface area (Å²) in [6.45, 7) is 3.67. The molecule has 1 aliphatic rings. The molecule has 4 rings (SSSR count). The van der Waals surface area contributed by atoms with Crippen LogP contribution in [-0.2, 0) is 0 Å². The lowest BCUT2D eigenvalue weighted by Gasteiger charge is -2.34. The fourth-order valence-electron chi connectivity index (χ4n) is 3.77. The number of nitrogens with zero attached hydrogens (tertiary/aromatic N) is 5. The minimum Gasteiger partial charge on any atom is -0.350 e. The van der Waals surface area contributed by atoms with E-state index in [0.29, 0.717) is 23.2 Å². The molecule has 1 aliphatic carbocycles. The van der Waals surface area contributed by atoms with Gasteiger partial charge in [-0.1, -0.05) is 19.4 Å². The summed E-state index contributed by atoms with van der Waals surface area (Å²) in [6, 6.07) is 7.72. The van der Waals surface area contributed by atoms with Crippen molar-refractivity contribution in [2.75, 3.05) is 10.6 Å². The molecule has 0 saturated heterocycles. The Kier molecular flexibility index (Phi) is 5.71. The zero-order valence-electron chi connectivity index (χ0n) is 17.1.